The number of hydrogen-bond acceptors (Lipinski definition) is 6. The first-order valence-electron chi connectivity index (χ1n) is 9.17. The highest BCUT2D eigenvalue weighted by atomic mass is 19.1. The van der Waals surface area contributed by atoms with Crippen molar-refractivity contribution in [3.05, 3.63) is 66.2 Å². The van der Waals surface area contributed by atoms with Gasteiger partial charge in [0.05, 0.1) is 0 Å². The van der Waals surface area contributed by atoms with E-state index in [0.717, 1.165) is 18.1 Å². The van der Waals surface area contributed by atoms with Gasteiger partial charge in [-0.25, -0.2) is 14.4 Å². The molecule has 8 heteroatoms. The molecule has 29 heavy (non-hydrogen) atoms. The van der Waals surface area contributed by atoms with E-state index >= 15 is 0 Å². The maximum Gasteiger partial charge on any atom is 0.262 e. The summed E-state index contributed by atoms with van der Waals surface area (Å²) >= 11 is 0. The standard InChI is InChI=1S/C21H22FN5O2/c1-3-23-19-12-20(25-14(2)24-19)26-15-8-10-16(11-9-15)27-21(28)13-29-18-7-5-4-6-17(18)22/h4-12H,3,13H2,1-2H3,(H,27,28)(H2,23,24,25,26). The Kier molecular flexibility index (Phi) is 6.57. The van der Waals surface area contributed by atoms with Crippen LogP contribution in [0.3, 0.4) is 0 Å². The Balaban J connectivity index is 1.56. The molecular weight excluding hydrogens is 373 g/mol. The van der Waals surface area contributed by atoms with E-state index in [1.54, 1.807) is 24.3 Å². The quantitative estimate of drug-likeness (QED) is 0.532. The summed E-state index contributed by atoms with van der Waals surface area (Å²) in [7, 11) is 0. The van der Waals surface area contributed by atoms with Crippen LogP contribution in [-0.4, -0.2) is 29.0 Å². The molecule has 0 aliphatic carbocycles. The third-order valence-corrected chi connectivity index (χ3v) is 3.83. The van der Waals surface area contributed by atoms with Crippen molar-refractivity contribution >= 4 is 28.9 Å². The second kappa shape index (κ2) is 9.50. The van der Waals surface area contributed by atoms with Crippen LogP contribution in [0.15, 0.2) is 54.6 Å². The SMILES string of the molecule is CCNc1cc(Nc2ccc(NC(=O)COc3ccccc3F)cc2)nc(C)n1. The summed E-state index contributed by atoms with van der Waals surface area (Å²) in [6.45, 7) is 4.31. The van der Waals surface area contributed by atoms with Crippen molar-refractivity contribution in [2.24, 2.45) is 0 Å². The lowest BCUT2D eigenvalue weighted by molar-refractivity contribution is -0.118. The average molecular weight is 395 g/mol. The van der Waals surface area contributed by atoms with Crippen LogP contribution in [0.25, 0.3) is 0 Å². The Morgan fingerprint density at radius 1 is 1.03 bits per heavy atom. The fourth-order valence-corrected chi connectivity index (χ4v) is 2.59. The van der Waals surface area contributed by atoms with Crippen LogP contribution in [0.2, 0.25) is 0 Å². The molecule has 1 heterocycles. The molecule has 7 nitrogen and oxygen atoms in total. The number of nitrogens with zero attached hydrogens (tertiary/aromatic N) is 2. The largest absolute Gasteiger partial charge is 0.481 e. The van der Waals surface area contributed by atoms with Gasteiger partial charge in [-0.05, 0) is 50.2 Å². The van der Waals surface area contributed by atoms with Gasteiger partial charge >= 0.3 is 0 Å². The van der Waals surface area contributed by atoms with Gasteiger partial charge in [-0.1, -0.05) is 12.1 Å². The summed E-state index contributed by atoms with van der Waals surface area (Å²) in [4.78, 5) is 20.7. The van der Waals surface area contributed by atoms with Gasteiger partial charge in [-0.3, -0.25) is 4.79 Å². The number of benzene rings is 2. The van der Waals surface area contributed by atoms with Crippen LogP contribution in [-0.2, 0) is 4.79 Å². The number of halogens is 1. The molecule has 1 aromatic heterocycles. The predicted molar refractivity (Wildman–Crippen MR) is 111 cm³/mol. The van der Waals surface area contributed by atoms with Gasteiger partial charge in [0.15, 0.2) is 18.2 Å². The number of carbonyl (C=O) groups excluding carboxylic acids is 1. The first-order chi connectivity index (χ1) is 14.0. The number of para-hydroxylation sites is 1. The van der Waals surface area contributed by atoms with Crippen molar-refractivity contribution in [2.75, 3.05) is 29.1 Å². The molecule has 0 bridgehead atoms. The van der Waals surface area contributed by atoms with E-state index in [1.165, 1.54) is 12.1 Å². The van der Waals surface area contributed by atoms with Crippen molar-refractivity contribution in [1.29, 1.82) is 0 Å². The minimum atomic E-state index is -0.507. The van der Waals surface area contributed by atoms with Crippen LogP contribution in [0, 0.1) is 12.7 Å². The second-order valence-corrected chi connectivity index (χ2v) is 6.19. The lowest BCUT2D eigenvalue weighted by atomic mass is 10.2. The van der Waals surface area contributed by atoms with Gasteiger partial charge < -0.3 is 20.7 Å². The number of carbonyl (C=O) groups is 1. The zero-order valence-corrected chi connectivity index (χ0v) is 16.2. The smallest absolute Gasteiger partial charge is 0.262 e. The van der Waals surface area contributed by atoms with E-state index in [4.69, 9.17) is 4.74 Å². The van der Waals surface area contributed by atoms with Gasteiger partial charge in [0.2, 0.25) is 0 Å². The average Bonchev–Trinajstić information content (AvgIpc) is 2.69. The van der Waals surface area contributed by atoms with Crippen molar-refractivity contribution in [1.82, 2.24) is 9.97 Å². The monoisotopic (exact) mass is 395 g/mol. The maximum atomic E-state index is 13.5. The van der Waals surface area contributed by atoms with Crippen molar-refractivity contribution in [3.8, 4) is 5.75 Å². The van der Waals surface area contributed by atoms with E-state index in [1.807, 2.05) is 32.0 Å². The minimum absolute atomic E-state index is 0.0410. The number of nitrogens with one attached hydrogen (secondary N) is 3. The van der Waals surface area contributed by atoms with Crippen molar-refractivity contribution < 1.29 is 13.9 Å². The first kappa shape index (κ1) is 20.1. The Morgan fingerprint density at radius 2 is 1.72 bits per heavy atom. The van der Waals surface area contributed by atoms with Crippen LogP contribution in [0.4, 0.5) is 27.4 Å². The summed E-state index contributed by atoms with van der Waals surface area (Å²) in [6.07, 6.45) is 0. The molecule has 0 radical (unpaired) electrons. The number of aryl methyl sites for hydroxylation is 1. The van der Waals surface area contributed by atoms with Gasteiger partial charge in [0.25, 0.3) is 5.91 Å². The summed E-state index contributed by atoms with van der Waals surface area (Å²) in [5.41, 5.74) is 1.41. The van der Waals surface area contributed by atoms with Crippen molar-refractivity contribution in [3.63, 3.8) is 0 Å². The van der Waals surface area contributed by atoms with E-state index in [9.17, 15) is 9.18 Å². The van der Waals surface area contributed by atoms with E-state index in [2.05, 4.69) is 25.9 Å². The zero-order chi connectivity index (χ0) is 20.6. The van der Waals surface area contributed by atoms with E-state index in [0.29, 0.717) is 17.3 Å². The fraction of sp³-hybridized carbons (Fsp3) is 0.190. The second-order valence-electron chi connectivity index (χ2n) is 6.19. The fourth-order valence-electron chi connectivity index (χ4n) is 2.59. The lowest BCUT2D eigenvalue weighted by Gasteiger charge is -2.11. The van der Waals surface area contributed by atoms with Crippen LogP contribution >= 0.6 is 0 Å². The number of ether oxygens (including phenoxy) is 1. The number of amides is 1. The first-order valence-corrected chi connectivity index (χ1v) is 9.17. The maximum absolute atomic E-state index is 13.5. The van der Waals surface area contributed by atoms with E-state index in [-0.39, 0.29) is 18.3 Å². The van der Waals surface area contributed by atoms with Gasteiger partial charge in [0.1, 0.15) is 17.5 Å². The Hall–Kier alpha value is -3.68. The number of aromatic nitrogens is 2. The molecule has 0 spiro atoms. The molecule has 3 aromatic rings. The number of rotatable bonds is 8. The van der Waals surface area contributed by atoms with Gasteiger partial charge in [0, 0.05) is 24.0 Å². The molecular formula is C21H22FN5O2. The Bertz CT molecular complexity index is 979. The van der Waals surface area contributed by atoms with Crippen LogP contribution in [0.1, 0.15) is 12.7 Å². The molecule has 3 rings (SSSR count). The van der Waals surface area contributed by atoms with Gasteiger partial charge in [-0.15, -0.1) is 0 Å². The van der Waals surface area contributed by atoms with Crippen LogP contribution < -0.4 is 20.7 Å². The summed E-state index contributed by atoms with van der Waals surface area (Å²) < 4.78 is 18.7. The molecule has 0 fully saturated rings. The van der Waals surface area contributed by atoms with Crippen LogP contribution in [0.5, 0.6) is 5.75 Å². The summed E-state index contributed by atoms with van der Waals surface area (Å²) in [5, 5.41) is 9.07. The Morgan fingerprint density at radius 3 is 2.45 bits per heavy atom. The molecule has 150 valence electrons. The third-order valence-electron chi connectivity index (χ3n) is 3.83. The summed E-state index contributed by atoms with van der Waals surface area (Å²) in [5.74, 6) is 1.23. The minimum Gasteiger partial charge on any atom is -0.481 e. The molecule has 2 aromatic carbocycles. The van der Waals surface area contributed by atoms with Crippen molar-refractivity contribution in [2.45, 2.75) is 13.8 Å². The highest BCUT2D eigenvalue weighted by Crippen LogP contribution is 2.20. The molecule has 0 saturated heterocycles. The topological polar surface area (TPSA) is 88.2 Å². The lowest BCUT2D eigenvalue weighted by Crippen LogP contribution is -2.20. The molecule has 1 amide bonds. The van der Waals surface area contributed by atoms with E-state index < -0.39 is 5.82 Å². The molecule has 3 N–H and O–H groups in total. The molecule has 0 aliphatic heterocycles. The third kappa shape index (κ3) is 5.90. The normalized spacial score (nSPS) is 10.3. The predicted octanol–water partition coefficient (Wildman–Crippen LogP) is 4.12. The van der Waals surface area contributed by atoms with Gasteiger partial charge in [-0.2, -0.15) is 0 Å². The number of hydrogen-bond donors (Lipinski definition) is 3. The molecule has 0 aliphatic rings. The highest BCUT2D eigenvalue weighted by Gasteiger charge is 2.07. The Labute approximate surface area is 168 Å². The highest BCUT2D eigenvalue weighted by molar-refractivity contribution is 5.92. The molecule has 0 saturated carbocycles. The zero-order valence-electron chi connectivity index (χ0n) is 16.2. The summed E-state index contributed by atoms with van der Waals surface area (Å²) in [6, 6.07) is 14.9. The molecule has 0 unspecified atom stereocenters. The number of anilines is 4. The molecule has 0 atom stereocenters.